The molecule has 0 aromatic heterocycles. The van der Waals surface area contributed by atoms with Gasteiger partial charge in [0.2, 0.25) is 0 Å². The second-order valence-corrected chi connectivity index (χ2v) is 6.61. The van der Waals surface area contributed by atoms with Gasteiger partial charge in [0, 0.05) is 25.0 Å². The monoisotopic (exact) mass is 291 g/mol. The lowest BCUT2D eigenvalue weighted by Crippen LogP contribution is -2.48. The number of aliphatic hydroxyl groups is 1. The summed E-state index contributed by atoms with van der Waals surface area (Å²) in [5.74, 6) is -0.203. The first-order chi connectivity index (χ1) is 10.2. The van der Waals surface area contributed by atoms with Crippen LogP contribution in [0.5, 0.6) is 0 Å². The van der Waals surface area contributed by atoms with Crippen LogP contribution in [0.3, 0.4) is 0 Å². The Labute approximate surface area is 127 Å². The molecule has 0 saturated carbocycles. The number of rotatable bonds is 4. The smallest absolute Gasteiger partial charge is 0.0959 e. The van der Waals surface area contributed by atoms with Crippen LogP contribution in [0.2, 0.25) is 0 Å². The Bertz CT molecular complexity index is 490. The number of halogens is 1. The van der Waals surface area contributed by atoms with Crippen molar-refractivity contribution < 1.29 is 9.50 Å². The first-order valence-electron chi connectivity index (χ1n) is 8.32. The van der Waals surface area contributed by atoms with Gasteiger partial charge in [0.25, 0.3) is 0 Å². The maximum absolute atomic E-state index is 13.0. The standard InChI is InChI=1S/C18H26FNO/c1-2-3-4-13-5-6-14-7-8-20-12-15(11-19)18(21)10-17(20)16(14)9-13/h5-6,9,15,17-18,21H,2-4,7-8,10-12H2,1H3/t15-,17-,18-/m0/s1. The number of aryl methyl sites for hydroxylation is 1. The summed E-state index contributed by atoms with van der Waals surface area (Å²) in [5.41, 5.74) is 4.20. The first-order valence-corrected chi connectivity index (χ1v) is 8.32. The van der Waals surface area contributed by atoms with Gasteiger partial charge in [0.1, 0.15) is 0 Å². The van der Waals surface area contributed by atoms with Gasteiger partial charge in [0.15, 0.2) is 0 Å². The highest BCUT2D eigenvalue weighted by atomic mass is 19.1. The molecule has 3 heteroatoms. The van der Waals surface area contributed by atoms with Gasteiger partial charge in [-0.25, -0.2) is 0 Å². The Balaban J connectivity index is 1.83. The number of hydrogen-bond acceptors (Lipinski definition) is 2. The Kier molecular flexibility index (Phi) is 4.60. The zero-order valence-electron chi connectivity index (χ0n) is 12.9. The maximum Gasteiger partial charge on any atom is 0.0959 e. The SMILES string of the molecule is CCCCc1ccc2c(c1)[C@@H]1C[C@H](O)[C@@H](CF)CN1CC2. The van der Waals surface area contributed by atoms with Crippen molar-refractivity contribution in [3.63, 3.8) is 0 Å². The van der Waals surface area contributed by atoms with E-state index in [1.54, 1.807) is 0 Å². The van der Waals surface area contributed by atoms with Gasteiger partial charge in [-0.15, -0.1) is 0 Å². The quantitative estimate of drug-likeness (QED) is 0.920. The molecule has 0 spiro atoms. The Morgan fingerprint density at radius 2 is 2.24 bits per heavy atom. The van der Waals surface area contributed by atoms with E-state index < -0.39 is 12.8 Å². The van der Waals surface area contributed by atoms with Crippen LogP contribution >= 0.6 is 0 Å². The summed E-state index contributed by atoms with van der Waals surface area (Å²) in [6, 6.07) is 7.15. The molecule has 1 aromatic rings. The third-order valence-corrected chi connectivity index (χ3v) is 5.17. The fourth-order valence-electron chi connectivity index (χ4n) is 3.83. The van der Waals surface area contributed by atoms with Crippen molar-refractivity contribution in [1.29, 1.82) is 0 Å². The van der Waals surface area contributed by atoms with E-state index in [-0.39, 0.29) is 12.0 Å². The van der Waals surface area contributed by atoms with Crippen molar-refractivity contribution in [3.8, 4) is 0 Å². The van der Waals surface area contributed by atoms with Gasteiger partial charge < -0.3 is 5.11 Å². The molecule has 21 heavy (non-hydrogen) atoms. The zero-order chi connectivity index (χ0) is 14.8. The fraction of sp³-hybridized carbons (Fsp3) is 0.667. The molecule has 2 nitrogen and oxygen atoms in total. The van der Waals surface area contributed by atoms with Crippen LogP contribution in [0, 0.1) is 5.92 Å². The summed E-state index contributed by atoms with van der Waals surface area (Å²) >= 11 is 0. The molecule has 2 aliphatic rings. The van der Waals surface area contributed by atoms with E-state index in [2.05, 4.69) is 30.0 Å². The minimum atomic E-state index is -0.499. The number of hydrogen-bond donors (Lipinski definition) is 1. The number of benzene rings is 1. The summed E-state index contributed by atoms with van der Waals surface area (Å²) in [4.78, 5) is 2.38. The number of aliphatic hydroxyl groups excluding tert-OH is 1. The Morgan fingerprint density at radius 3 is 3.00 bits per heavy atom. The Hall–Kier alpha value is -0.930. The molecular formula is C18H26FNO. The molecule has 2 aliphatic heterocycles. The summed E-state index contributed by atoms with van der Waals surface area (Å²) < 4.78 is 13.0. The van der Waals surface area contributed by atoms with Gasteiger partial charge in [0.05, 0.1) is 12.8 Å². The van der Waals surface area contributed by atoms with Crippen LogP contribution in [-0.4, -0.2) is 35.9 Å². The number of fused-ring (bicyclic) bond motifs is 3. The molecule has 116 valence electrons. The van der Waals surface area contributed by atoms with Gasteiger partial charge in [-0.3, -0.25) is 9.29 Å². The number of alkyl halides is 1. The number of piperidine rings is 1. The zero-order valence-corrected chi connectivity index (χ0v) is 12.9. The van der Waals surface area contributed by atoms with Gasteiger partial charge >= 0.3 is 0 Å². The normalized spacial score (nSPS) is 29.0. The van der Waals surface area contributed by atoms with Crippen molar-refractivity contribution in [3.05, 3.63) is 34.9 Å². The molecule has 0 unspecified atom stereocenters. The lowest BCUT2D eigenvalue weighted by Gasteiger charge is -2.45. The second kappa shape index (κ2) is 6.45. The minimum Gasteiger partial charge on any atom is -0.393 e. The predicted octanol–water partition coefficient (Wildman–Crippen LogP) is 3.28. The highest BCUT2D eigenvalue weighted by Crippen LogP contribution is 2.39. The van der Waals surface area contributed by atoms with E-state index in [4.69, 9.17) is 0 Å². The topological polar surface area (TPSA) is 23.5 Å². The van der Waals surface area contributed by atoms with Gasteiger partial charge in [-0.2, -0.15) is 0 Å². The lowest BCUT2D eigenvalue weighted by molar-refractivity contribution is -0.0201. The molecule has 2 heterocycles. The summed E-state index contributed by atoms with van der Waals surface area (Å²) in [6.07, 6.45) is 4.80. The molecule has 0 radical (unpaired) electrons. The third-order valence-electron chi connectivity index (χ3n) is 5.17. The van der Waals surface area contributed by atoms with Crippen molar-refractivity contribution >= 4 is 0 Å². The van der Waals surface area contributed by atoms with E-state index in [1.807, 2.05) is 0 Å². The van der Waals surface area contributed by atoms with Crippen LogP contribution in [0.25, 0.3) is 0 Å². The molecule has 1 saturated heterocycles. The van der Waals surface area contributed by atoms with Crippen molar-refractivity contribution in [2.24, 2.45) is 5.92 Å². The third kappa shape index (κ3) is 3.00. The van der Waals surface area contributed by atoms with Crippen molar-refractivity contribution in [2.45, 2.75) is 51.2 Å². The molecule has 1 aromatic carbocycles. The largest absolute Gasteiger partial charge is 0.393 e. The molecule has 0 amide bonds. The molecule has 1 N–H and O–H groups in total. The van der Waals surface area contributed by atoms with E-state index in [1.165, 1.54) is 29.5 Å². The minimum absolute atomic E-state index is 0.203. The summed E-state index contributed by atoms with van der Waals surface area (Å²) in [7, 11) is 0. The van der Waals surface area contributed by atoms with Crippen LogP contribution < -0.4 is 0 Å². The number of unbranched alkanes of at least 4 members (excludes halogenated alkanes) is 1. The molecule has 0 aliphatic carbocycles. The lowest BCUT2D eigenvalue weighted by atomic mass is 9.81. The van der Waals surface area contributed by atoms with E-state index in [0.717, 1.165) is 19.4 Å². The van der Waals surface area contributed by atoms with Crippen molar-refractivity contribution in [1.82, 2.24) is 4.90 Å². The molecule has 0 bridgehead atoms. The maximum atomic E-state index is 13.0. The predicted molar refractivity (Wildman–Crippen MR) is 83.2 cm³/mol. The Morgan fingerprint density at radius 1 is 1.38 bits per heavy atom. The van der Waals surface area contributed by atoms with E-state index >= 15 is 0 Å². The fourth-order valence-corrected chi connectivity index (χ4v) is 3.83. The molecule has 3 atom stereocenters. The highest BCUT2D eigenvalue weighted by molar-refractivity contribution is 5.37. The second-order valence-electron chi connectivity index (χ2n) is 6.61. The molecule has 1 fully saturated rings. The number of nitrogens with zero attached hydrogens (tertiary/aromatic N) is 1. The molecular weight excluding hydrogens is 265 g/mol. The summed E-state index contributed by atoms with van der Waals surface area (Å²) in [5, 5.41) is 10.2. The van der Waals surface area contributed by atoms with Gasteiger partial charge in [-0.1, -0.05) is 31.5 Å². The van der Waals surface area contributed by atoms with Crippen LogP contribution in [0.4, 0.5) is 4.39 Å². The average Bonchev–Trinajstić information content (AvgIpc) is 2.52. The van der Waals surface area contributed by atoms with Crippen LogP contribution in [-0.2, 0) is 12.8 Å². The van der Waals surface area contributed by atoms with E-state index in [9.17, 15) is 9.50 Å². The summed E-state index contributed by atoms with van der Waals surface area (Å²) in [6.45, 7) is 3.50. The van der Waals surface area contributed by atoms with Crippen LogP contribution in [0.15, 0.2) is 18.2 Å². The van der Waals surface area contributed by atoms with Crippen molar-refractivity contribution in [2.75, 3.05) is 19.8 Å². The highest BCUT2D eigenvalue weighted by Gasteiger charge is 2.38. The first kappa shape index (κ1) is 15.0. The van der Waals surface area contributed by atoms with E-state index in [0.29, 0.717) is 13.0 Å². The average molecular weight is 291 g/mol. The van der Waals surface area contributed by atoms with Crippen LogP contribution in [0.1, 0.15) is 48.9 Å². The van der Waals surface area contributed by atoms with Gasteiger partial charge in [-0.05, 0) is 42.4 Å². The molecule has 3 rings (SSSR count).